The van der Waals surface area contributed by atoms with E-state index in [1.807, 2.05) is 0 Å². The first kappa shape index (κ1) is 11.2. The van der Waals surface area contributed by atoms with Gasteiger partial charge in [-0.2, -0.15) is 4.37 Å². The van der Waals surface area contributed by atoms with Gasteiger partial charge in [-0.1, -0.05) is 11.8 Å². The summed E-state index contributed by atoms with van der Waals surface area (Å²) in [5, 5.41) is 8.84. The molecule has 0 amide bonds. The van der Waals surface area contributed by atoms with Gasteiger partial charge in [-0.25, -0.2) is 9.78 Å². The molecule has 0 bridgehead atoms. The Morgan fingerprint density at radius 2 is 2.50 bits per heavy atom. The van der Waals surface area contributed by atoms with E-state index in [9.17, 15) is 4.79 Å². The summed E-state index contributed by atoms with van der Waals surface area (Å²) < 4.78 is 10.0. The third-order valence-electron chi connectivity index (χ3n) is 1.88. The lowest BCUT2D eigenvalue weighted by atomic mass is 10.2. The van der Waals surface area contributed by atoms with Crippen molar-refractivity contribution in [2.24, 2.45) is 0 Å². The first-order valence-corrected chi connectivity index (χ1v) is 6.15. The van der Waals surface area contributed by atoms with Crippen LogP contribution < -0.4 is 0 Å². The Balaban J connectivity index is 2.05. The number of carbonyl (C=O) groups is 1. The van der Waals surface area contributed by atoms with E-state index in [1.165, 1.54) is 29.6 Å². The molecule has 0 aromatic carbocycles. The SMILES string of the molecule is Cc1oc(CSc2ncns2)cc1C(=O)O. The van der Waals surface area contributed by atoms with Gasteiger partial charge in [-0.05, 0) is 24.5 Å². The quantitative estimate of drug-likeness (QED) is 0.847. The van der Waals surface area contributed by atoms with E-state index in [0.717, 1.165) is 4.34 Å². The maximum atomic E-state index is 10.8. The zero-order valence-electron chi connectivity index (χ0n) is 8.34. The van der Waals surface area contributed by atoms with Crippen molar-refractivity contribution in [3.63, 3.8) is 0 Å². The highest BCUT2D eigenvalue weighted by molar-refractivity contribution is 8.00. The van der Waals surface area contributed by atoms with E-state index < -0.39 is 5.97 Å². The van der Waals surface area contributed by atoms with Gasteiger partial charge in [0.1, 0.15) is 23.4 Å². The van der Waals surface area contributed by atoms with E-state index in [0.29, 0.717) is 17.3 Å². The van der Waals surface area contributed by atoms with Gasteiger partial charge >= 0.3 is 5.97 Å². The van der Waals surface area contributed by atoms with Crippen LogP contribution in [0.25, 0.3) is 0 Å². The Labute approximate surface area is 99.7 Å². The molecule has 0 fully saturated rings. The number of furan rings is 1. The van der Waals surface area contributed by atoms with Crippen LogP contribution in [0.1, 0.15) is 21.9 Å². The molecule has 1 N–H and O–H groups in total. The molecule has 16 heavy (non-hydrogen) atoms. The summed E-state index contributed by atoms with van der Waals surface area (Å²) in [5.41, 5.74) is 0.216. The van der Waals surface area contributed by atoms with Crippen LogP contribution in [0.4, 0.5) is 0 Å². The van der Waals surface area contributed by atoms with Gasteiger partial charge in [0.15, 0.2) is 4.34 Å². The minimum atomic E-state index is -0.964. The molecular formula is C9H8N2O3S2. The number of aromatic nitrogens is 2. The summed E-state index contributed by atoms with van der Waals surface area (Å²) in [5.74, 6) is 0.660. The maximum absolute atomic E-state index is 10.8. The Hall–Kier alpha value is -1.34. The lowest BCUT2D eigenvalue weighted by Gasteiger charge is -1.91. The highest BCUT2D eigenvalue weighted by Gasteiger charge is 2.13. The summed E-state index contributed by atoms with van der Waals surface area (Å²) in [7, 11) is 0. The highest BCUT2D eigenvalue weighted by Crippen LogP contribution is 2.25. The zero-order valence-corrected chi connectivity index (χ0v) is 9.97. The van der Waals surface area contributed by atoms with Gasteiger partial charge in [0.05, 0.1) is 5.75 Å². The molecule has 2 aromatic rings. The second-order valence-corrected chi connectivity index (χ2v) is 4.99. The average Bonchev–Trinajstić information content (AvgIpc) is 2.83. The number of carboxylic acid groups (broad SMARTS) is 1. The zero-order chi connectivity index (χ0) is 11.5. The third-order valence-corrected chi connectivity index (χ3v) is 3.70. The summed E-state index contributed by atoms with van der Waals surface area (Å²) >= 11 is 2.78. The number of thioether (sulfide) groups is 1. The van der Waals surface area contributed by atoms with E-state index in [4.69, 9.17) is 9.52 Å². The first-order chi connectivity index (χ1) is 7.66. The predicted molar refractivity (Wildman–Crippen MR) is 59.9 cm³/mol. The van der Waals surface area contributed by atoms with Crippen LogP contribution >= 0.6 is 23.3 Å². The fourth-order valence-corrected chi connectivity index (χ4v) is 2.51. The lowest BCUT2D eigenvalue weighted by molar-refractivity contribution is 0.0695. The Morgan fingerprint density at radius 3 is 3.06 bits per heavy atom. The van der Waals surface area contributed by atoms with Crippen LogP contribution in [0.3, 0.4) is 0 Å². The number of carboxylic acids is 1. The lowest BCUT2D eigenvalue weighted by Crippen LogP contribution is -1.94. The molecule has 0 aliphatic rings. The van der Waals surface area contributed by atoms with Gasteiger partial charge in [0.25, 0.3) is 0 Å². The third kappa shape index (κ3) is 2.42. The molecule has 0 spiro atoms. The van der Waals surface area contributed by atoms with Crippen LogP contribution in [0, 0.1) is 6.92 Å². The van der Waals surface area contributed by atoms with Crippen LogP contribution in [0.15, 0.2) is 21.2 Å². The monoisotopic (exact) mass is 256 g/mol. The van der Waals surface area contributed by atoms with Crippen molar-refractivity contribution < 1.29 is 14.3 Å². The standard InChI is InChI=1S/C9H8N2O3S2/c1-5-7(8(12)13)2-6(14-5)3-15-9-10-4-11-16-9/h2,4H,3H2,1H3,(H,12,13). The van der Waals surface area contributed by atoms with E-state index in [-0.39, 0.29) is 5.56 Å². The molecule has 2 heterocycles. The molecule has 0 aliphatic carbocycles. The largest absolute Gasteiger partial charge is 0.478 e. The van der Waals surface area contributed by atoms with Gasteiger partial charge in [-0.15, -0.1) is 0 Å². The fraction of sp³-hybridized carbons (Fsp3) is 0.222. The molecule has 0 unspecified atom stereocenters. The van der Waals surface area contributed by atoms with Gasteiger partial charge in [-0.3, -0.25) is 0 Å². The molecule has 0 saturated carbocycles. The van der Waals surface area contributed by atoms with Gasteiger partial charge < -0.3 is 9.52 Å². The smallest absolute Gasteiger partial charge is 0.339 e. The summed E-state index contributed by atoms with van der Waals surface area (Å²) in [6, 6.07) is 1.55. The van der Waals surface area contributed by atoms with Crippen molar-refractivity contribution in [3.05, 3.63) is 29.5 Å². The number of hydrogen-bond acceptors (Lipinski definition) is 6. The number of hydrogen-bond donors (Lipinski definition) is 1. The van der Waals surface area contributed by atoms with Crippen LogP contribution in [0.2, 0.25) is 0 Å². The molecule has 2 rings (SSSR count). The topological polar surface area (TPSA) is 76.2 Å². The second-order valence-electron chi connectivity index (χ2n) is 2.98. The molecule has 0 saturated heterocycles. The molecule has 2 aromatic heterocycles. The van der Waals surface area contributed by atoms with Crippen molar-refractivity contribution in [1.29, 1.82) is 0 Å². The average molecular weight is 256 g/mol. The maximum Gasteiger partial charge on any atom is 0.339 e. The van der Waals surface area contributed by atoms with Crippen molar-refractivity contribution in [3.8, 4) is 0 Å². The first-order valence-electron chi connectivity index (χ1n) is 4.39. The van der Waals surface area contributed by atoms with Crippen LogP contribution in [-0.2, 0) is 5.75 Å². The molecule has 5 nitrogen and oxygen atoms in total. The number of aryl methyl sites for hydroxylation is 1. The molecule has 0 atom stereocenters. The second kappa shape index (κ2) is 4.67. The van der Waals surface area contributed by atoms with Crippen molar-refractivity contribution in [2.45, 2.75) is 17.0 Å². The van der Waals surface area contributed by atoms with Crippen LogP contribution in [-0.4, -0.2) is 20.4 Å². The molecular weight excluding hydrogens is 248 g/mol. The summed E-state index contributed by atoms with van der Waals surface area (Å²) in [6.45, 7) is 1.64. The summed E-state index contributed by atoms with van der Waals surface area (Å²) in [6.07, 6.45) is 1.49. The highest BCUT2D eigenvalue weighted by atomic mass is 32.2. The molecule has 0 radical (unpaired) electrons. The Kier molecular flexibility index (Phi) is 3.25. The van der Waals surface area contributed by atoms with Gasteiger partial charge in [0, 0.05) is 0 Å². The minimum absolute atomic E-state index is 0.216. The van der Waals surface area contributed by atoms with Crippen molar-refractivity contribution in [2.75, 3.05) is 0 Å². The normalized spacial score (nSPS) is 10.6. The predicted octanol–water partition coefficient (Wildman–Crippen LogP) is 2.43. The van der Waals surface area contributed by atoms with Crippen LogP contribution in [0.5, 0.6) is 0 Å². The van der Waals surface area contributed by atoms with Crippen molar-refractivity contribution >= 4 is 29.3 Å². The number of nitrogens with zero attached hydrogens (tertiary/aromatic N) is 2. The van der Waals surface area contributed by atoms with E-state index in [2.05, 4.69) is 9.36 Å². The van der Waals surface area contributed by atoms with E-state index in [1.54, 1.807) is 13.0 Å². The van der Waals surface area contributed by atoms with Crippen molar-refractivity contribution in [1.82, 2.24) is 9.36 Å². The fourth-order valence-electron chi connectivity index (χ4n) is 1.19. The Bertz CT molecular complexity index is 493. The number of rotatable bonds is 4. The Morgan fingerprint density at radius 1 is 1.69 bits per heavy atom. The van der Waals surface area contributed by atoms with E-state index >= 15 is 0 Å². The van der Waals surface area contributed by atoms with Gasteiger partial charge in [0.2, 0.25) is 0 Å². The molecule has 84 valence electrons. The minimum Gasteiger partial charge on any atom is -0.478 e. The molecule has 0 aliphatic heterocycles. The number of aromatic carboxylic acids is 1. The summed E-state index contributed by atoms with van der Waals surface area (Å²) in [4.78, 5) is 14.8. The molecule has 7 heteroatoms.